The highest BCUT2D eigenvalue weighted by Crippen LogP contribution is 2.23. The van der Waals surface area contributed by atoms with Crippen LogP contribution in [0, 0.1) is 5.82 Å². The lowest BCUT2D eigenvalue weighted by Gasteiger charge is -2.37. The second kappa shape index (κ2) is 6.32. The van der Waals surface area contributed by atoms with Gasteiger partial charge in [-0.2, -0.15) is 0 Å². The van der Waals surface area contributed by atoms with Crippen LogP contribution in [0.1, 0.15) is 36.0 Å². The van der Waals surface area contributed by atoms with Crippen LogP contribution in [-0.2, 0) is 0 Å². The zero-order valence-corrected chi connectivity index (χ0v) is 12.8. The number of carbonyl (C=O) groups is 1. The van der Waals surface area contributed by atoms with Gasteiger partial charge in [0, 0.05) is 24.2 Å². The van der Waals surface area contributed by atoms with Gasteiger partial charge in [0.25, 0.3) is 5.91 Å². The maximum Gasteiger partial charge on any atom is 0.256 e. The van der Waals surface area contributed by atoms with Gasteiger partial charge in [0.2, 0.25) is 0 Å². The van der Waals surface area contributed by atoms with Gasteiger partial charge in [-0.15, -0.1) is 0 Å². The molecule has 2 aliphatic heterocycles. The van der Waals surface area contributed by atoms with Gasteiger partial charge in [-0.05, 0) is 57.0 Å². The number of nitrogens with zero attached hydrogens (tertiary/aromatic N) is 2. The highest BCUT2D eigenvalue weighted by molar-refractivity contribution is 6.31. The molecule has 0 spiro atoms. The number of piperidine rings is 1. The molecule has 1 unspecified atom stereocenters. The van der Waals surface area contributed by atoms with E-state index >= 15 is 0 Å². The van der Waals surface area contributed by atoms with Gasteiger partial charge in [0.15, 0.2) is 0 Å². The Morgan fingerprint density at radius 1 is 1.19 bits per heavy atom. The average molecular weight is 311 g/mol. The Kier molecular flexibility index (Phi) is 4.45. The second-order valence-corrected chi connectivity index (χ2v) is 6.35. The molecule has 1 amide bonds. The van der Waals surface area contributed by atoms with Crippen molar-refractivity contribution < 1.29 is 9.18 Å². The van der Waals surface area contributed by atoms with Gasteiger partial charge in [-0.25, -0.2) is 4.39 Å². The molecule has 2 fully saturated rings. The summed E-state index contributed by atoms with van der Waals surface area (Å²) in [5, 5.41) is 0.396. The molecule has 0 N–H and O–H groups in total. The molecule has 2 heterocycles. The van der Waals surface area contributed by atoms with Crippen LogP contribution in [0.4, 0.5) is 4.39 Å². The molecule has 3 rings (SSSR count). The molecular formula is C16H20ClFN2O. The van der Waals surface area contributed by atoms with E-state index in [0.29, 0.717) is 24.2 Å². The van der Waals surface area contributed by atoms with E-state index < -0.39 is 5.82 Å². The standard InChI is InChI=1S/C16H20ClFN2O/c17-12-5-6-15(18)14(10-12)16(21)20-9-3-4-13(11-20)19-7-1-2-8-19/h5-6,10,13H,1-4,7-9,11H2. The summed E-state index contributed by atoms with van der Waals surface area (Å²) in [5.41, 5.74) is 0.0876. The quantitative estimate of drug-likeness (QED) is 0.837. The lowest BCUT2D eigenvalue weighted by atomic mass is 10.0. The molecule has 5 heteroatoms. The van der Waals surface area contributed by atoms with E-state index in [2.05, 4.69) is 4.90 Å². The van der Waals surface area contributed by atoms with Crippen molar-refractivity contribution in [2.75, 3.05) is 26.2 Å². The van der Waals surface area contributed by atoms with Crippen molar-refractivity contribution in [3.05, 3.63) is 34.6 Å². The Hall–Kier alpha value is -1.13. The molecule has 0 saturated carbocycles. The molecule has 0 bridgehead atoms. The van der Waals surface area contributed by atoms with Gasteiger partial charge in [-0.3, -0.25) is 9.69 Å². The second-order valence-electron chi connectivity index (χ2n) is 5.91. The molecule has 0 radical (unpaired) electrons. The van der Waals surface area contributed by atoms with Gasteiger partial charge in [-0.1, -0.05) is 11.6 Å². The van der Waals surface area contributed by atoms with E-state index in [0.717, 1.165) is 25.9 Å². The third-order valence-electron chi connectivity index (χ3n) is 4.50. The van der Waals surface area contributed by atoms with Gasteiger partial charge < -0.3 is 4.90 Å². The monoisotopic (exact) mass is 310 g/mol. The number of carbonyl (C=O) groups excluding carboxylic acids is 1. The van der Waals surface area contributed by atoms with E-state index in [9.17, 15) is 9.18 Å². The highest BCUT2D eigenvalue weighted by atomic mass is 35.5. The Bertz CT molecular complexity index is 531. The van der Waals surface area contributed by atoms with Crippen molar-refractivity contribution in [1.29, 1.82) is 0 Å². The summed E-state index contributed by atoms with van der Waals surface area (Å²) in [5.74, 6) is -0.730. The minimum absolute atomic E-state index is 0.0876. The number of hydrogen-bond acceptors (Lipinski definition) is 2. The molecule has 3 nitrogen and oxygen atoms in total. The Morgan fingerprint density at radius 3 is 2.71 bits per heavy atom. The first-order valence-electron chi connectivity index (χ1n) is 7.63. The van der Waals surface area contributed by atoms with Crippen LogP contribution in [-0.4, -0.2) is 47.9 Å². The van der Waals surface area contributed by atoms with E-state index in [1.165, 1.54) is 31.0 Å². The normalized spacial score (nSPS) is 23.5. The molecule has 21 heavy (non-hydrogen) atoms. The first kappa shape index (κ1) is 14.8. The SMILES string of the molecule is O=C(c1cc(Cl)ccc1F)N1CCCC(N2CCCC2)C1. The maximum atomic E-state index is 13.9. The van der Waals surface area contributed by atoms with E-state index in [-0.39, 0.29) is 11.5 Å². The first-order valence-corrected chi connectivity index (χ1v) is 8.01. The lowest BCUT2D eigenvalue weighted by molar-refractivity contribution is 0.0603. The Labute approximate surface area is 129 Å². The van der Waals surface area contributed by atoms with Crippen LogP contribution >= 0.6 is 11.6 Å². The van der Waals surface area contributed by atoms with E-state index in [1.54, 1.807) is 4.90 Å². The fraction of sp³-hybridized carbons (Fsp3) is 0.562. The highest BCUT2D eigenvalue weighted by Gasteiger charge is 2.30. The molecule has 1 atom stereocenters. The number of benzene rings is 1. The summed E-state index contributed by atoms with van der Waals surface area (Å²) >= 11 is 5.89. The minimum Gasteiger partial charge on any atom is -0.337 e. The number of rotatable bonds is 2. The third-order valence-corrected chi connectivity index (χ3v) is 4.73. The van der Waals surface area contributed by atoms with Crippen molar-refractivity contribution in [2.24, 2.45) is 0 Å². The number of amides is 1. The fourth-order valence-electron chi connectivity index (χ4n) is 3.38. The van der Waals surface area contributed by atoms with E-state index in [1.807, 2.05) is 0 Å². The van der Waals surface area contributed by atoms with Crippen LogP contribution in [0.3, 0.4) is 0 Å². The molecule has 1 aromatic carbocycles. The summed E-state index contributed by atoms with van der Waals surface area (Å²) in [7, 11) is 0. The van der Waals surface area contributed by atoms with Crippen molar-refractivity contribution in [3.63, 3.8) is 0 Å². The molecule has 2 aliphatic rings. The Balaban J connectivity index is 1.73. The number of hydrogen-bond donors (Lipinski definition) is 0. The number of halogens is 2. The smallest absolute Gasteiger partial charge is 0.256 e. The number of likely N-dealkylation sites (tertiary alicyclic amines) is 2. The van der Waals surface area contributed by atoms with Gasteiger partial charge in [0.1, 0.15) is 5.82 Å². The summed E-state index contributed by atoms with van der Waals surface area (Å²) in [6.45, 7) is 3.65. The molecule has 2 saturated heterocycles. The van der Waals surface area contributed by atoms with Crippen molar-refractivity contribution in [3.8, 4) is 0 Å². The molecule has 0 aliphatic carbocycles. The molecule has 0 aromatic heterocycles. The van der Waals surface area contributed by atoms with Gasteiger partial charge in [0.05, 0.1) is 5.56 Å². The van der Waals surface area contributed by atoms with Crippen LogP contribution in [0.2, 0.25) is 5.02 Å². The van der Waals surface area contributed by atoms with E-state index in [4.69, 9.17) is 11.6 Å². The fourth-order valence-corrected chi connectivity index (χ4v) is 3.55. The van der Waals surface area contributed by atoms with Crippen molar-refractivity contribution in [1.82, 2.24) is 9.80 Å². The average Bonchev–Trinajstić information content (AvgIpc) is 3.03. The predicted octanol–water partition coefficient (Wildman–Crippen LogP) is 3.18. The Morgan fingerprint density at radius 2 is 1.95 bits per heavy atom. The largest absolute Gasteiger partial charge is 0.337 e. The van der Waals surface area contributed by atoms with Crippen LogP contribution in [0.25, 0.3) is 0 Å². The van der Waals surface area contributed by atoms with Crippen molar-refractivity contribution >= 4 is 17.5 Å². The summed E-state index contributed by atoms with van der Waals surface area (Å²) in [6.07, 6.45) is 4.59. The molecule has 1 aromatic rings. The lowest BCUT2D eigenvalue weighted by Crippen LogP contribution is -2.49. The van der Waals surface area contributed by atoms with Crippen molar-refractivity contribution in [2.45, 2.75) is 31.7 Å². The zero-order chi connectivity index (χ0) is 14.8. The predicted molar refractivity (Wildman–Crippen MR) is 81.1 cm³/mol. The minimum atomic E-state index is -0.493. The molecular weight excluding hydrogens is 291 g/mol. The summed E-state index contributed by atoms with van der Waals surface area (Å²) < 4.78 is 13.9. The van der Waals surface area contributed by atoms with Crippen LogP contribution in [0.5, 0.6) is 0 Å². The molecule has 114 valence electrons. The van der Waals surface area contributed by atoms with Crippen LogP contribution in [0.15, 0.2) is 18.2 Å². The van der Waals surface area contributed by atoms with Gasteiger partial charge >= 0.3 is 0 Å². The maximum absolute atomic E-state index is 13.9. The third kappa shape index (κ3) is 3.22. The van der Waals surface area contributed by atoms with Crippen LogP contribution < -0.4 is 0 Å². The summed E-state index contributed by atoms with van der Waals surface area (Å²) in [6, 6.07) is 4.58. The zero-order valence-electron chi connectivity index (χ0n) is 12.0. The summed E-state index contributed by atoms with van der Waals surface area (Å²) in [4.78, 5) is 16.8. The topological polar surface area (TPSA) is 23.6 Å². The first-order chi connectivity index (χ1) is 10.1.